The predicted molar refractivity (Wildman–Crippen MR) is 121 cm³/mol. The van der Waals surface area contributed by atoms with Crippen LogP contribution in [0.3, 0.4) is 0 Å². The molecule has 0 bridgehead atoms. The average Bonchev–Trinajstić information content (AvgIpc) is 3.38. The first-order valence-electron chi connectivity index (χ1n) is 9.24. The van der Waals surface area contributed by atoms with Gasteiger partial charge in [-0.2, -0.15) is 10.2 Å². The fraction of sp³-hybridized carbons (Fsp3) is 0.316. The van der Waals surface area contributed by atoms with Crippen LogP contribution < -0.4 is 5.32 Å². The highest BCUT2D eigenvalue weighted by Gasteiger charge is 2.34. The molecule has 1 saturated carbocycles. The normalized spacial score (nSPS) is 13.8. The molecule has 3 aromatic rings. The van der Waals surface area contributed by atoms with Gasteiger partial charge in [-0.1, -0.05) is 29.3 Å². The first-order chi connectivity index (χ1) is 14.7. The van der Waals surface area contributed by atoms with Crippen molar-refractivity contribution in [1.29, 1.82) is 0 Å². The van der Waals surface area contributed by atoms with Gasteiger partial charge >= 0.3 is 0 Å². The van der Waals surface area contributed by atoms with E-state index in [-0.39, 0.29) is 22.6 Å². The highest BCUT2D eigenvalue weighted by molar-refractivity contribution is 9.11. The maximum atomic E-state index is 13.2. The third-order valence-corrected chi connectivity index (χ3v) is 6.72. The summed E-state index contributed by atoms with van der Waals surface area (Å²) in [7, 11) is 0. The van der Waals surface area contributed by atoms with Crippen LogP contribution in [0.25, 0.3) is 0 Å². The first kappa shape index (κ1) is 22.7. The minimum Gasteiger partial charge on any atom is -0.307 e. The molecule has 1 N–H and O–H groups in total. The summed E-state index contributed by atoms with van der Waals surface area (Å²) >= 11 is 18.7. The Morgan fingerprint density at radius 2 is 2.00 bits per heavy atom. The van der Waals surface area contributed by atoms with Gasteiger partial charge in [-0.25, -0.2) is 8.78 Å². The predicted octanol–water partition coefficient (Wildman–Crippen LogP) is 6.41. The first-order valence-corrected chi connectivity index (χ1v) is 11.6. The van der Waals surface area contributed by atoms with Gasteiger partial charge in [0.05, 0.1) is 21.2 Å². The Balaban J connectivity index is 1.48. The number of carbonyl (C=O) groups excluding carboxylic acids is 1. The third-order valence-electron chi connectivity index (χ3n) is 4.74. The summed E-state index contributed by atoms with van der Waals surface area (Å²) in [6.07, 6.45) is 0.756. The molecular weight excluding hydrogens is 583 g/mol. The van der Waals surface area contributed by atoms with Crippen molar-refractivity contribution in [3.8, 4) is 0 Å². The molecule has 31 heavy (non-hydrogen) atoms. The van der Waals surface area contributed by atoms with Gasteiger partial charge in [0.15, 0.2) is 5.82 Å². The summed E-state index contributed by atoms with van der Waals surface area (Å²) in [4.78, 5) is 12.6. The Kier molecular flexibility index (Phi) is 6.71. The van der Waals surface area contributed by atoms with E-state index >= 15 is 0 Å². The monoisotopic (exact) mass is 595 g/mol. The van der Waals surface area contributed by atoms with Crippen LogP contribution in [0.5, 0.6) is 0 Å². The SMILES string of the molecule is O=C(Cn1nc(C(F)F)c(Br)c1C1CC1)Nc1nn(Cc2ccc(Cl)cc2Cl)cc1Br. The molecule has 4 rings (SSSR count). The molecule has 0 atom stereocenters. The van der Waals surface area contributed by atoms with Gasteiger partial charge in [0.2, 0.25) is 5.91 Å². The summed E-state index contributed by atoms with van der Waals surface area (Å²) in [5.74, 6) is 0.0220. The topological polar surface area (TPSA) is 64.7 Å². The van der Waals surface area contributed by atoms with Gasteiger partial charge in [0, 0.05) is 22.2 Å². The molecule has 164 valence electrons. The lowest BCUT2D eigenvalue weighted by molar-refractivity contribution is -0.117. The standard InChI is InChI=1S/C19H15Br2Cl2F2N5O/c20-12-7-29(6-10-3-4-11(22)5-13(10)23)28-19(12)26-14(31)8-30-17(9-1-2-9)15(21)16(27-30)18(24)25/h3-5,7,9,18H,1-2,6,8H2,(H,26,28,31). The summed E-state index contributed by atoms with van der Waals surface area (Å²) in [6.45, 7) is 0.180. The molecule has 0 spiro atoms. The lowest BCUT2D eigenvalue weighted by Gasteiger charge is -2.07. The Morgan fingerprint density at radius 3 is 2.65 bits per heavy atom. The second-order valence-corrected chi connectivity index (χ2v) is 9.62. The van der Waals surface area contributed by atoms with Crippen molar-refractivity contribution in [2.75, 3.05) is 5.32 Å². The Morgan fingerprint density at radius 1 is 1.26 bits per heavy atom. The fourth-order valence-corrected chi connectivity index (χ4v) is 4.84. The minimum absolute atomic E-state index is 0.136. The number of aromatic nitrogens is 4. The Labute approximate surface area is 203 Å². The van der Waals surface area contributed by atoms with Gasteiger partial charge in [0.25, 0.3) is 6.43 Å². The molecule has 12 heteroatoms. The van der Waals surface area contributed by atoms with Crippen LogP contribution in [0.4, 0.5) is 14.6 Å². The van der Waals surface area contributed by atoms with Gasteiger partial charge < -0.3 is 5.32 Å². The zero-order chi connectivity index (χ0) is 22.3. The van der Waals surface area contributed by atoms with Crippen molar-refractivity contribution in [3.05, 3.63) is 60.3 Å². The molecule has 2 aromatic heterocycles. The summed E-state index contributed by atoms with van der Waals surface area (Å²) in [6, 6.07) is 5.18. The van der Waals surface area contributed by atoms with E-state index in [1.165, 1.54) is 4.68 Å². The highest BCUT2D eigenvalue weighted by atomic mass is 79.9. The van der Waals surface area contributed by atoms with Crippen molar-refractivity contribution in [3.63, 3.8) is 0 Å². The molecule has 1 aliphatic rings. The summed E-state index contributed by atoms with van der Waals surface area (Å²) in [5, 5.41) is 12.1. The number of hydrogen-bond donors (Lipinski definition) is 1. The number of rotatable bonds is 7. The number of benzene rings is 1. The highest BCUT2D eigenvalue weighted by Crippen LogP contribution is 2.45. The zero-order valence-electron chi connectivity index (χ0n) is 15.8. The summed E-state index contributed by atoms with van der Waals surface area (Å²) in [5.41, 5.74) is 1.10. The molecule has 1 fully saturated rings. The number of amides is 1. The van der Waals surface area contributed by atoms with E-state index in [1.54, 1.807) is 29.1 Å². The van der Waals surface area contributed by atoms with E-state index in [4.69, 9.17) is 23.2 Å². The van der Waals surface area contributed by atoms with E-state index in [2.05, 4.69) is 47.4 Å². The minimum atomic E-state index is -2.72. The molecule has 2 heterocycles. The fourth-order valence-electron chi connectivity index (χ4n) is 3.17. The molecule has 6 nitrogen and oxygen atoms in total. The lowest BCUT2D eigenvalue weighted by Crippen LogP contribution is -2.21. The second-order valence-electron chi connectivity index (χ2n) is 7.12. The van der Waals surface area contributed by atoms with Crippen molar-refractivity contribution in [2.45, 2.75) is 38.3 Å². The average molecular weight is 598 g/mol. The van der Waals surface area contributed by atoms with Crippen molar-refractivity contribution >= 4 is 66.8 Å². The number of nitrogens with one attached hydrogen (secondary N) is 1. The molecule has 1 aromatic carbocycles. The van der Waals surface area contributed by atoms with Crippen LogP contribution in [0, 0.1) is 0 Å². The maximum absolute atomic E-state index is 13.2. The van der Waals surface area contributed by atoms with Crippen molar-refractivity contribution < 1.29 is 13.6 Å². The molecule has 0 saturated heterocycles. The number of anilines is 1. The number of hydrogen-bond acceptors (Lipinski definition) is 3. The largest absolute Gasteiger partial charge is 0.307 e. The van der Waals surface area contributed by atoms with Crippen molar-refractivity contribution in [2.24, 2.45) is 0 Å². The van der Waals surface area contributed by atoms with Crippen LogP contribution in [0.15, 0.2) is 33.3 Å². The van der Waals surface area contributed by atoms with Gasteiger partial charge in [-0.3, -0.25) is 14.2 Å². The number of halogens is 6. The van der Waals surface area contributed by atoms with Gasteiger partial charge in [-0.15, -0.1) is 0 Å². The molecule has 0 unspecified atom stereocenters. The van der Waals surface area contributed by atoms with E-state index in [0.717, 1.165) is 18.4 Å². The van der Waals surface area contributed by atoms with Gasteiger partial charge in [-0.05, 0) is 62.4 Å². The van der Waals surface area contributed by atoms with E-state index in [1.807, 2.05) is 0 Å². The van der Waals surface area contributed by atoms with Crippen LogP contribution in [-0.4, -0.2) is 25.5 Å². The number of nitrogens with zero attached hydrogens (tertiary/aromatic N) is 4. The van der Waals surface area contributed by atoms with E-state index in [0.29, 0.717) is 32.6 Å². The number of carbonyl (C=O) groups is 1. The Bertz CT molecular complexity index is 1150. The van der Waals surface area contributed by atoms with Gasteiger partial charge in [0.1, 0.15) is 12.2 Å². The smallest absolute Gasteiger partial charge is 0.283 e. The van der Waals surface area contributed by atoms with Crippen LogP contribution in [0.1, 0.15) is 42.1 Å². The van der Waals surface area contributed by atoms with Crippen LogP contribution in [-0.2, 0) is 17.9 Å². The molecule has 1 aliphatic carbocycles. The third kappa shape index (κ3) is 5.13. The second kappa shape index (κ2) is 9.17. The number of alkyl halides is 2. The quantitative estimate of drug-likeness (QED) is 0.342. The summed E-state index contributed by atoms with van der Waals surface area (Å²) < 4.78 is 30.3. The van der Waals surface area contributed by atoms with E-state index < -0.39 is 12.3 Å². The van der Waals surface area contributed by atoms with Crippen LogP contribution in [0.2, 0.25) is 10.0 Å². The maximum Gasteiger partial charge on any atom is 0.283 e. The zero-order valence-corrected chi connectivity index (χ0v) is 20.4. The van der Waals surface area contributed by atoms with Crippen molar-refractivity contribution in [1.82, 2.24) is 19.6 Å². The molecular formula is C19H15Br2Cl2F2N5O. The lowest BCUT2D eigenvalue weighted by atomic mass is 10.2. The Hall–Kier alpha value is -1.49. The van der Waals surface area contributed by atoms with Crippen LogP contribution >= 0.6 is 55.1 Å². The molecule has 0 radical (unpaired) electrons. The van der Waals surface area contributed by atoms with E-state index in [9.17, 15) is 13.6 Å². The molecule has 1 amide bonds. The molecule has 0 aliphatic heterocycles.